The molecule has 0 radical (unpaired) electrons. The molecule has 0 saturated carbocycles. The van der Waals surface area contributed by atoms with E-state index in [-0.39, 0.29) is 5.91 Å². The molecule has 3 rings (SSSR count). The molecule has 1 aromatic carbocycles. The quantitative estimate of drug-likeness (QED) is 0.710. The van der Waals surface area contributed by atoms with Gasteiger partial charge in [-0.25, -0.2) is 4.98 Å². The van der Waals surface area contributed by atoms with Crippen LogP contribution in [0.15, 0.2) is 52.4 Å². The van der Waals surface area contributed by atoms with Crippen molar-refractivity contribution in [2.75, 3.05) is 5.32 Å². The van der Waals surface area contributed by atoms with Gasteiger partial charge in [0.1, 0.15) is 10.4 Å². The van der Waals surface area contributed by atoms with Gasteiger partial charge in [0.2, 0.25) is 0 Å². The third kappa shape index (κ3) is 2.52. The molecule has 3 aromatic rings. The number of aromatic nitrogens is 1. The summed E-state index contributed by atoms with van der Waals surface area (Å²) in [6.45, 7) is 0. The molecule has 0 aliphatic rings. The van der Waals surface area contributed by atoms with E-state index >= 15 is 0 Å². The van der Waals surface area contributed by atoms with Gasteiger partial charge in [-0.1, -0.05) is 24.3 Å². The fourth-order valence-electron chi connectivity index (χ4n) is 1.82. The standard InChI is InChI=1S/C14H9BrN2OS/c15-12-6-3-7-13(16-12)17-14(18)10-8-19-11-5-2-1-4-9(10)11/h1-8H,(H,16,17,18). The van der Waals surface area contributed by atoms with Crippen LogP contribution in [0, 0.1) is 0 Å². The Balaban J connectivity index is 1.92. The average Bonchev–Trinajstić information content (AvgIpc) is 2.82. The van der Waals surface area contributed by atoms with E-state index in [2.05, 4.69) is 26.2 Å². The van der Waals surface area contributed by atoms with Crippen LogP contribution in [0.2, 0.25) is 0 Å². The zero-order valence-corrected chi connectivity index (χ0v) is 12.2. The summed E-state index contributed by atoms with van der Waals surface area (Å²) < 4.78 is 1.80. The predicted octanol–water partition coefficient (Wildman–Crippen LogP) is 4.31. The second-order valence-electron chi connectivity index (χ2n) is 3.95. The first-order chi connectivity index (χ1) is 9.24. The van der Waals surface area contributed by atoms with Crippen LogP contribution in [0.5, 0.6) is 0 Å². The number of anilines is 1. The lowest BCUT2D eigenvalue weighted by atomic mass is 10.1. The number of benzene rings is 1. The van der Waals surface area contributed by atoms with Crippen molar-refractivity contribution in [1.29, 1.82) is 0 Å². The Morgan fingerprint density at radius 1 is 1.16 bits per heavy atom. The van der Waals surface area contributed by atoms with Gasteiger partial charge < -0.3 is 5.32 Å². The van der Waals surface area contributed by atoms with Crippen LogP contribution >= 0.6 is 27.3 Å². The Hall–Kier alpha value is -1.72. The molecule has 1 N–H and O–H groups in total. The minimum Gasteiger partial charge on any atom is -0.306 e. The van der Waals surface area contributed by atoms with E-state index < -0.39 is 0 Å². The zero-order chi connectivity index (χ0) is 13.2. The number of thiophene rings is 1. The molecule has 1 amide bonds. The number of carbonyl (C=O) groups excluding carboxylic acids is 1. The Morgan fingerprint density at radius 3 is 2.84 bits per heavy atom. The largest absolute Gasteiger partial charge is 0.306 e. The lowest BCUT2D eigenvalue weighted by Gasteiger charge is -2.03. The van der Waals surface area contributed by atoms with Crippen LogP contribution in [0.3, 0.4) is 0 Å². The van der Waals surface area contributed by atoms with Crippen molar-refractivity contribution >= 4 is 49.1 Å². The molecule has 2 aromatic heterocycles. The van der Waals surface area contributed by atoms with Crippen molar-refractivity contribution in [3.05, 3.63) is 58.0 Å². The summed E-state index contributed by atoms with van der Waals surface area (Å²) in [5.74, 6) is 0.401. The van der Waals surface area contributed by atoms with Gasteiger partial charge in [-0.15, -0.1) is 11.3 Å². The Bertz CT molecular complexity index is 754. The van der Waals surface area contributed by atoms with E-state index in [0.717, 1.165) is 10.1 Å². The maximum absolute atomic E-state index is 12.2. The van der Waals surface area contributed by atoms with Crippen molar-refractivity contribution in [3.63, 3.8) is 0 Å². The fraction of sp³-hybridized carbons (Fsp3) is 0. The molecule has 0 unspecified atom stereocenters. The van der Waals surface area contributed by atoms with Crippen LogP contribution in [0.1, 0.15) is 10.4 Å². The monoisotopic (exact) mass is 332 g/mol. The molecule has 94 valence electrons. The van der Waals surface area contributed by atoms with Gasteiger partial charge in [0.15, 0.2) is 0 Å². The van der Waals surface area contributed by atoms with Crippen LogP contribution in [-0.4, -0.2) is 10.9 Å². The van der Waals surface area contributed by atoms with Gasteiger partial charge in [-0.2, -0.15) is 0 Å². The molecule has 0 atom stereocenters. The average molecular weight is 333 g/mol. The first-order valence-electron chi connectivity index (χ1n) is 5.64. The van der Waals surface area contributed by atoms with Crippen molar-refractivity contribution in [1.82, 2.24) is 4.98 Å². The molecule has 0 aliphatic heterocycles. The highest BCUT2D eigenvalue weighted by Gasteiger charge is 2.12. The summed E-state index contributed by atoms with van der Waals surface area (Å²) in [7, 11) is 0. The third-order valence-corrected chi connectivity index (χ3v) is 4.09. The van der Waals surface area contributed by atoms with Crippen LogP contribution in [0.25, 0.3) is 10.1 Å². The van der Waals surface area contributed by atoms with E-state index in [1.807, 2.05) is 41.8 Å². The maximum Gasteiger partial charge on any atom is 0.258 e. The fourth-order valence-corrected chi connectivity index (χ4v) is 3.10. The van der Waals surface area contributed by atoms with E-state index in [0.29, 0.717) is 16.0 Å². The SMILES string of the molecule is O=C(Nc1cccc(Br)n1)c1csc2ccccc12. The third-order valence-electron chi connectivity index (χ3n) is 2.68. The lowest BCUT2D eigenvalue weighted by molar-refractivity contribution is 0.102. The van der Waals surface area contributed by atoms with E-state index in [1.165, 1.54) is 0 Å². The van der Waals surface area contributed by atoms with Crippen molar-refractivity contribution in [2.45, 2.75) is 0 Å². The molecule has 5 heteroatoms. The van der Waals surface area contributed by atoms with Crippen molar-refractivity contribution < 1.29 is 4.79 Å². The number of fused-ring (bicyclic) bond motifs is 1. The number of halogens is 1. The predicted molar refractivity (Wildman–Crippen MR) is 81.7 cm³/mol. The number of pyridine rings is 1. The molecule has 3 nitrogen and oxygen atoms in total. The van der Waals surface area contributed by atoms with Crippen LogP contribution in [0.4, 0.5) is 5.82 Å². The second-order valence-corrected chi connectivity index (χ2v) is 5.67. The molecule has 0 spiro atoms. The molecule has 19 heavy (non-hydrogen) atoms. The highest BCUT2D eigenvalue weighted by Crippen LogP contribution is 2.26. The topological polar surface area (TPSA) is 42.0 Å². The Morgan fingerprint density at radius 2 is 2.00 bits per heavy atom. The normalized spacial score (nSPS) is 10.6. The first kappa shape index (κ1) is 12.3. The van der Waals surface area contributed by atoms with Gasteiger partial charge >= 0.3 is 0 Å². The summed E-state index contributed by atoms with van der Waals surface area (Å²) in [5.41, 5.74) is 0.683. The van der Waals surface area contributed by atoms with E-state index in [4.69, 9.17) is 0 Å². The maximum atomic E-state index is 12.2. The van der Waals surface area contributed by atoms with Gasteiger partial charge in [0.05, 0.1) is 5.56 Å². The highest BCUT2D eigenvalue weighted by molar-refractivity contribution is 9.10. The number of hydrogen-bond acceptors (Lipinski definition) is 3. The zero-order valence-electron chi connectivity index (χ0n) is 9.76. The highest BCUT2D eigenvalue weighted by atomic mass is 79.9. The molecule has 0 bridgehead atoms. The number of carbonyl (C=O) groups is 1. The molecule has 0 aliphatic carbocycles. The van der Waals surface area contributed by atoms with E-state index in [9.17, 15) is 4.79 Å². The smallest absolute Gasteiger partial charge is 0.258 e. The molecule has 0 saturated heterocycles. The van der Waals surface area contributed by atoms with Crippen LogP contribution in [-0.2, 0) is 0 Å². The van der Waals surface area contributed by atoms with Gasteiger partial charge in [0.25, 0.3) is 5.91 Å². The number of nitrogens with zero attached hydrogens (tertiary/aromatic N) is 1. The van der Waals surface area contributed by atoms with Crippen molar-refractivity contribution in [3.8, 4) is 0 Å². The van der Waals surface area contributed by atoms with Crippen LogP contribution < -0.4 is 5.32 Å². The first-order valence-corrected chi connectivity index (χ1v) is 7.31. The molecular formula is C14H9BrN2OS. The lowest BCUT2D eigenvalue weighted by Crippen LogP contribution is -2.12. The Labute approximate surface area is 122 Å². The second kappa shape index (κ2) is 5.11. The summed E-state index contributed by atoms with van der Waals surface area (Å²) in [5, 5.41) is 5.65. The number of amides is 1. The Kier molecular flexibility index (Phi) is 3.31. The van der Waals surface area contributed by atoms with Gasteiger partial charge in [0, 0.05) is 15.5 Å². The summed E-state index contributed by atoms with van der Waals surface area (Å²) in [4.78, 5) is 16.4. The molecule has 2 heterocycles. The molecular weight excluding hydrogens is 324 g/mol. The van der Waals surface area contributed by atoms with Gasteiger partial charge in [-0.3, -0.25) is 4.79 Å². The summed E-state index contributed by atoms with van der Waals surface area (Å²) in [6.07, 6.45) is 0. The number of nitrogens with one attached hydrogen (secondary N) is 1. The minimum absolute atomic E-state index is 0.136. The number of rotatable bonds is 2. The van der Waals surface area contributed by atoms with Gasteiger partial charge in [-0.05, 0) is 34.1 Å². The van der Waals surface area contributed by atoms with E-state index in [1.54, 1.807) is 17.4 Å². The number of hydrogen-bond donors (Lipinski definition) is 1. The summed E-state index contributed by atoms with van der Waals surface area (Å²) >= 11 is 4.85. The minimum atomic E-state index is -0.136. The van der Waals surface area contributed by atoms with Crippen molar-refractivity contribution in [2.24, 2.45) is 0 Å². The molecule has 0 fully saturated rings. The summed E-state index contributed by atoms with van der Waals surface area (Å²) in [6, 6.07) is 13.3.